The molecule has 1 N–H and O–H groups in total. The molecule has 0 bridgehead atoms. The second kappa shape index (κ2) is 5.11. The minimum atomic E-state index is -1.50. The maximum absolute atomic E-state index is 11.9. The van der Waals surface area contributed by atoms with Gasteiger partial charge in [-0.05, 0) is 19.1 Å². The summed E-state index contributed by atoms with van der Waals surface area (Å²) in [5.74, 6) is -0.509. The second-order valence-corrected chi connectivity index (χ2v) is 5.29. The van der Waals surface area contributed by atoms with Crippen LogP contribution >= 0.6 is 15.9 Å². The number of hydrazone groups is 1. The number of carbonyl (C=O) groups is 1. The van der Waals surface area contributed by atoms with Crippen molar-refractivity contribution in [1.29, 1.82) is 5.26 Å². The highest BCUT2D eigenvalue weighted by atomic mass is 79.9. The van der Waals surface area contributed by atoms with E-state index in [1.54, 1.807) is 37.3 Å². The Bertz CT molecular complexity index is 577. The van der Waals surface area contributed by atoms with Crippen LogP contribution in [0, 0.1) is 11.3 Å². The molecule has 0 radical (unpaired) electrons. The molecule has 0 saturated carbocycles. The van der Waals surface area contributed by atoms with Crippen LogP contribution in [0.15, 0.2) is 33.8 Å². The van der Waals surface area contributed by atoms with Gasteiger partial charge in [0, 0.05) is 22.2 Å². The Labute approximate surface area is 119 Å². The van der Waals surface area contributed by atoms with Crippen LogP contribution in [0.25, 0.3) is 0 Å². The average Bonchev–Trinajstić information content (AvgIpc) is 2.67. The molecule has 0 fully saturated rings. The van der Waals surface area contributed by atoms with Gasteiger partial charge in [-0.1, -0.05) is 28.1 Å². The Kier molecular flexibility index (Phi) is 3.69. The van der Waals surface area contributed by atoms with Crippen molar-refractivity contribution in [2.45, 2.75) is 25.5 Å². The van der Waals surface area contributed by atoms with Gasteiger partial charge in [0.15, 0.2) is 5.72 Å². The van der Waals surface area contributed by atoms with Gasteiger partial charge in [0.1, 0.15) is 6.42 Å². The Morgan fingerprint density at radius 1 is 1.58 bits per heavy atom. The molecule has 1 atom stereocenters. The lowest BCUT2D eigenvalue weighted by molar-refractivity contribution is -0.156. The molecule has 0 aliphatic carbocycles. The zero-order valence-corrected chi connectivity index (χ0v) is 11.9. The van der Waals surface area contributed by atoms with Crippen molar-refractivity contribution in [3.8, 4) is 6.07 Å². The van der Waals surface area contributed by atoms with E-state index >= 15 is 0 Å². The number of hydrogen-bond acceptors (Lipinski definition) is 4. The molecule has 1 amide bonds. The summed E-state index contributed by atoms with van der Waals surface area (Å²) < 4.78 is 0.880. The van der Waals surface area contributed by atoms with Gasteiger partial charge < -0.3 is 5.11 Å². The normalized spacial score (nSPS) is 22.0. The molecule has 0 saturated heterocycles. The lowest BCUT2D eigenvalue weighted by Crippen LogP contribution is -2.43. The van der Waals surface area contributed by atoms with E-state index in [1.165, 1.54) is 0 Å². The van der Waals surface area contributed by atoms with E-state index in [0.717, 1.165) is 9.48 Å². The van der Waals surface area contributed by atoms with Crippen molar-refractivity contribution >= 4 is 27.5 Å². The summed E-state index contributed by atoms with van der Waals surface area (Å²) in [5, 5.41) is 24.4. The molecule has 0 spiro atoms. The molecule has 6 heteroatoms. The lowest BCUT2D eigenvalue weighted by Gasteiger charge is -2.31. The van der Waals surface area contributed by atoms with Crippen molar-refractivity contribution < 1.29 is 9.90 Å². The molecule has 98 valence electrons. The molecular formula is C13H12BrN3O2. The molecule has 1 aromatic carbocycles. The molecule has 1 heterocycles. The Morgan fingerprint density at radius 3 is 2.79 bits per heavy atom. The fourth-order valence-corrected chi connectivity index (χ4v) is 2.33. The van der Waals surface area contributed by atoms with Gasteiger partial charge in [0.2, 0.25) is 0 Å². The zero-order chi connectivity index (χ0) is 14.0. The van der Waals surface area contributed by atoms with Crippen LogP contribution in [0.4, 0.5) is 0 Å². The first-order valence-electron chi connectivity index (χ1n) is 5.70. The predicted octanol–water partition coefficient (Wildman–Crippen LogP) is 2.12. The average molecular weight is 322 g/mol. The Hall–Kier alpha value is -1.71. The molecule has 0 unspecified atom stereocenters. The monoisotopic (exact) mass is 321 g/mol. The summed E-state index contributed by atoms with van der Waals surface area (Å²) >= 11 is 3.32. The molecule has 1 aliphatic heterocycles. The van der Waals surface area contributed by atoms with Gasteiger partial charge in [0.05, 0.1) is 6.07 Å². The van der Waals surface area contributed by atoms with Crippen molar-refractivity contribution in [3.63, 3.8) is 0 Å². The Balaban J connectivity index is 2.39. The van der Waals surface area contributed by atoms with Crippen LogP contribution in [-0.4, -0.2) is 21.7 Å². The Morgan fingerprint density at radius 2 is 2.21 bits per heavy atom. The molecule has 1 aromatic rings. The fraction of sp³-hybridized carbons (Fsp3) is 0.308. The number of rotatable bonds is 2. The van der Waals surface area contributed by atoms with Crippen LogP contribution < -0.4 is 0 Å². The van der Waals surface area contributed by atoms with Crippen LogP contribution in [0.5, 0.6) is 0 Å². The minimum Gasteiger partial charge on any atom is -0.365 e. The molecule has 1 aliphatic rings. The highest BCUT2D eigenvalue weighted by molar-refractivity contribution is 9.10. The summed E-state index contributed by atoms with van der Waals surface area (Å²) in [7, 11) is 0. The minimum absolute atomic E-state index is 0.242. The third-order valence-corrected chi connectivity index (χ3v) is 3.43. The molecule has 5 nitrogen and oxygen atoms in total. The first-order chi connectivity index (χ1) is 8.97. The third-order valence-electron chi connectivity index (χ3n) is 2.90. The van der Waals surface area contributed by atoms with E-state index in [0.29, 0.717) is 11.3 Å². The second-order valence-electron chi connectivity index (χ2n) is 4.38. The van der Waals surface area contributed by atoms with Gasteiger partial charge in [-0.25, -0.2) is 0 Å². The number of nitriles is 1. The number of benzene rings is 1. The number of halogens is 1. The zero-order valence-electron chi connectivity index (χ0n) is 10.3. The van der Waals surface area contributed by atoms with E-state index in [9.17, 15) is 9.90 Å². The first-order valence-corrected chi connectivity index (χ1v) is 6.49. The van der Waals surface area contributed by atoms with Gasteiger partial charge in [-0.15, -0.1) is 0 Å². The number of hydrogen-bond donors (Lipinski definition) is 1. The molecule has 0 aromatic heterocycles. The summed E-state index contributed by atoms with van der Waals surface area (Å²) in [6, 6.07) is 8.80. The van der Waals surface area contributed by atoms with Gasteiger partial charge in [0.25, 0.3) is 5.91 Å². The van der Waals surface area contributed by atoms with E-state index < -0.39 is 11.6 Å². The van der Waals surface area contributed by atoms with Gasteiger partial charge in [-0.3, -0.25) is 4.79 Å². The summed E-state index contributed by atoms with van der Waals surface area (Å²) in [4.78, 5) is 11.9. The molecular weight excluding hydrogens is 310 g/mol. The van der Waals surface area contributed by atoms with E-state index in [-0.39, 0.29) is 12.8 Å². The quantitative estimate of drug-likeness (QED) is 0.906. The van der Waals surface area contributed by atoms with E-state index in [2.05, 4.69) is 21.0 Å². The molecule has 19 heavy (non-hydrogen) atoms. The van der Waals surface area contributed by atoms with E-state index in [4.69, 9.17) is 5.26 Å². The number of nitrogens with zero attached hydrogens (tertiary/aromatic N) is 3. The highest BCUT2D eigenvalue weighted by Crippen LogP contribution is 2.36. The van der Waals surface area contributed by atoms with Crippen LogP contribution in [0.2, 0.25) is 0 Å². The fourth-order valence-electron chi connectivity index (χ4n) is 2.07. The standard InChI is InChI=1S/C13H12BrN3O2/c1-9-8-13(19,10-2-4-11(14)5-3-10)17(16-9)12(18)6-7-15/h2-5,19H,6,8H2,1H3/t13-/m1/s1. The van der Waals surface area contributed by atoms with Crippen molar-refractivity contribution in [2.24, 2.45) is 5.10 Å². The topological polar surface area (TPSA) is 76.7 Å². The third kappa shape index (κ3) is 2.53. The highest BCUT2D eigenvalue weighted by Gasteiger charge is 2.44. The lowest BCUT2D eigenvalue weighted by atomic mass is 9.97. The van der Waals surface area contributed by atoms with Crippen LogP contribution in [0.3, 0.4) is 0 Å². The van der Waals surface area contributed by atoms with Crippen LogP contribution in [-0.2, 0) is 10.5 Å². The predicted molar refractivity (Wildman–Crippen MR) is 72.8 cm³/mol. The SMILES string of the molecule is CC1=NN(C(=O)CC#N)[C@](O)(c2ccc(Br)cc2)C1. The number of carbonyl (C=O) groups excluding carboxylic acids is 1. The van der Waals surface area contributed by atoms with Crippen molar-refractivity contribution in [1.82, 2.24) is 5.01 Å². The maximum atomic E-state index is 11.9. The molecule has 2 rings (SSSR count). The number of aliphatic hydroxyl groups is 1. The van der Waals surface area contributed by atoms with E-state index in [1.807, 2.05) is 0 Å². The summed E-state index contributed by atoms with van der Waals surface area (Å²) in [5.41, 5.74) is -0.280. The number of amides is 1. The smallest absolute Gasteiger partial charge is 0.259 e. The van der Waals surface area contributed by atoms with Gasteiger partial charge >= 0.3 is 0 Å². The summed E-state index contributed by atoms with van der Waals surface area (Å²) in [6.07, 6.45) is -0.0680. The maximum Gasteiger partial charge on any atom is 0.259 e. The largest absolute Gasteiger partial charge is 0.365 e. The van der Waals surface area contributed by atoms with Crippen molar-refractivity contribution in [2.75, 3.05) is 0 Å². The van der Waals surface area contributed by atoms with Crippen LogP contribution in [0.1, 0.15) is 25.3 Å². The van der Waals surface area contributed by atoms with Crippen molar-refractivity contribution in [3.05, 3.63) is 34.3 Å². The first kappa shape index (κ1) is 13.7. The van der Waals surface area contributed by atoms with Gasteiger partial charge in [-0.2, -0.15) is 15.4 Å². The summed E-state index contributed by atoms with van der Waals surface area (Å²) in [6.45, 7) is 1.74.